The maximum atomic E-state index is 11.6. The summed E-state index contributed by atoms with van der Waals surface area (Å²) >= 11 is 0. The third-order valence-corrected chi connectivity index (χ3v) is 5.08. The van der Waals surface area contributed by atoms with Gasteiger partial charge in [0.25, 0.3) is 0 Å². The van der Waals surface area contributed by atoms with E-state index in [4.69, 9.17) is 0 Å². The summed E-state index contributed by atoms with van der Waals surface area (Å²) in [4.78, 5) is 0. The predicted molar refractivity (Wildman–Crippen MR) is 101 cm³/mol. The average Bonchev–Trinajstić information content (AvgIpc) is 2.62. The third-order valence-electron chi connectivity index (χ3n) is 5.08. The van der Waals surface area contributed by atoms with Gasteiger partial charge in [0.15, 0.2) is 0 Å². The molecule has 0 atom stereocenters. The molecule has 0 heterocycles. The van der Waals surface area contributed by atoms with Gasteiger partial charge in [0, 0.05) is 19.3 Å². The Morgan fingerprint density at radius 3 is 1.48 bits per heavy atom. The summed E-state index contributed by atoms with van der Waals surface area (Å²) in [5.74, 6) is 0. The minimum atomic E-state index is -0.951. The minimum Gasteiger partial charge on any atom is -1.00 e. The van der Waals surface area contributed by atoms with Crippen molar-refractivity contribution in [1.29, 1.82) is 0 Å². The van der Waals surface area contributed by atoms with Crippen LogP contribution in [0.3, 0.4) is 0 Å². The zero-order valence-corrected chi connectivity index (χ0v) is 17.7. The van der Waals surface area contributed by atoms with Crippen LogP contribution in [0.2, 0.25) is 0 Å². The second-order valence-corrected chi connectivity index (χ2v) is 7.09. The third kappa shape index (κ3) is 5.80. The van der Waals surface area contributed by atoms with Gasteiger partial charge in [-0.2, -0.15) is 0 Å². The Morgan fingerprint density at radius 2 is 1.12 bits per heavy atom. The molecule has 138 valence electrons. The first-order valence-electron chi connectivity index (χ1n) is 9.23. The highest BCUT2D eigenvalue weighted by Gasteiger charge is 2.36. The molecule has 0 fully saturated rings. The molecule has 0 bridgehead atoms. The van der Waals surface area contributed by atoms with E-state index in [-0.39, 0.29) is 29.5 Å². The highest BCUT2D eigenvalue weighted by Crippen LogP contribution is 2.36. The van der Waals surface area contributed by atoms with Gasteiger partial charge in [0.1, 0.15) is 5.60 Å². The topological polar surface area (TPSA) is 47.9 Å². The zero-order chi connectivity index (χ0) is 17.5. The molecular formula is C22H32INO. The summed E-state index contributed by atoms with van der Waals surface area (Å²) in [6, 6.07) is 20.1. The molecule has 2 aromatic rings. The summed E-state index contributed by atoms with van der Waals surface area (Å²) < 4.78 is 0. The predicted octanol–water partition coefficient (Wildman–Crippen LogP) is 1.29. The lowest BCUT2D eigenvalue weighted by molar-refractivity contribution is -0.484. The Kier molecular flexibility index (Phi) is 9.11. The smallest absolute Gasteiger partial charge is 0.115 e. The number of aliphatic hydroxyl groups is 1. The molecule has 25 heavy (non-hydrogen) atoms. The van der Waals surface area contributed by atoms with Gasteiger partial charge in [-0.1, -0.05) is 87.4 Å². The van der Waals surface area contributed by atoms with Crippen molar-refractivity contribution in [1.82, 2.24) is 0 Å². The summed E-state index contributed by atoms with van der Waals surface area (Å²) in [7, 11) is 0. The molecule has 2 nitrogen and oxygen atoms in total. The maximum Gasteiger partial charge on any atom is 0.115 e. The van der Waals surface area contributed by atoms with Crippen LogP contribution in [0.25, 0.3) is 0 Å². The fourth-order valence-electron chi connectivity index (χ4n) is 3.76. The molecule has 4 N–H and O–H groups in total. The van der Waals surface area contributed by atoms with Crippen molar-refractivity contribution < 1.29 is 34.8 Å². The molecule has 0 aromatic heterocycles. The number of quaternary nitrogens is 1. The first kappa shape index (κ1) is 22.1. The summed E-state index contributed by atoms with van der Waals surface area (Å²) in [5, 5.41) is 11.6. The first-order valence-corrected chi connectivity index (χ1v) is 9.23. The SMILES string of the molecule is CCCC([NH3+])(CCC)CCC(O)(c1ccccc1)c1ccccc1.[I-]. The molecule has 3 heteroatoms. The Morgan fingerprint density at radius 1 is 0.720 bits per heavy atom. The molecule has 0 saturated carbocycles. The minimum absolute atomic E-state index is 0. The van der Waals surface area contributed by atoms with E-state index in [9.17, 15) is 5.11 Å². The molecule has 0 spiro atoms. The monoisotopic (exact) mass is 453 g/mol. The van der Waals surface area contributed by atoms with E-state index < -0.39 is 5.60 Å². The Bertz CT molecular complexity index is 554. The molecule has 0 radical (unpaired) electrons. The van der Waals surface area contributed by atoms with Crippen molar-refractivity contribution in [3.8, 4) is 0 Å². The van der Waals surface area contributed by atoms with Crippen LogP contribution >= 0.6 is 0 Å². The molecular weight excluding hydrogens is 421 g/mol. The van der Waals surface area contributed by atoms with E-state index in [1.165, 1.54) is 0 Å². The summed E-state index contributed by atoms with van der Waals surface area (Å²) in [5.41, 5.74) is 5.56. The van der Waals surface area contributed by atoms with Gasteiger partial charge < -0.3 is 34.8 Å². The lowest BCUT2D eigenvalue weighted by atomic mass is 9.76. The standard InChI is InChI=1S/C22H31NO.HI/c1-3-15-21(23,16-4-2)17-18-22(24,19-11-7-5-8-12-19)20-13-9-6-10-14-20;/h5-14,24H,3-4,15-18,23H2,1-2H3;1H. The number of hydrogen-bond donors (Lipinski definition) is 2. The molecule has 2 aromatic carbocycles. The lowest BCUT2D eigenvalue weighted by Crippen LogP contribution is -3.00. The van der Waals surface area contributed by atoms with Gasteiger partial charge >= 0.3 is 0 Å². The quantitative estimate of drug-likeness (QED) is 0.553. The second kappa shape index (κ2) is 10.3. The Balaban J connectivity index is 0.00000312. The van der Waals surface area contributed by atoms with Gasteiger partial charge in [-0.05, 0) is 17.5 Å². The van der Waals surface area contributed by atoms with Crippen LogP contribution in [-0.4, -0.2) is 10.6 Å². The summed E-state index contributed by atoms with van der Waals surface area (Å²) in [6.45, 7) is 4.44. The van der Waals surface area contributed by atoms with Gasteiger partial charge in [0.2, 0.25) is 0 Å². The van der Waals surface area contributed by atoms with E-state index in [0.717, 1.165) is 43.2 Å². The fourth-order valence-corrected chi connectivity index (χ4v) is 3.76. The molecule has 0 amide bonds. The fraction of sp³-hybridized carbons (Fsp3) is 0.455. The van der Waals surface area contributed by atoms with Crippen molar-refractivity contribution in [2.75, 3.05) is 0 Å². The van der Waals surface area contributed by atoms with Crippen LogP contribution in [0.4, 0.5) is 0 Å². The highest BCUT2D eigenvalue weighted by atomic mass is 127. The second-order valence-electron chi connectivity index (χ2n) is 7.09. The van der Waals surface area contributed by atoms with Crippen molar-refractivity contribution in [2.45, 2.75) is 63.5 Å². The Labute approximate surface area is 169 Å². The average molecular weight is 453 g/mol. The van der Waals surface area contributed by atoms with E-state index in [1.807, 2.05) is 60.7 Å². The van der Waals surface area contributed by atoms with Crippen molar-refractivity contribution in [3.05, 3.63) is 71.8 Å². The van der Waals surface area contributed by atoms with Gasteiger partial charge in [-0.25, -0.2) is 0 Å². The van der Waals surface area contributed by atoms with Crippen molar-refractivity contribution >= 4 is 0 Å². The Hall–Kier alpha value is -0.910. The maximum absolute atomic E-state index is 11.6. The van der Waals surface area contributed by atoms with Crippen molar-refractivity contribution in [3.63, 3.8) is 0 Å². The van der Waals surface area contributed by atoms with E-state index in [1.54, 1.807) is 0 Å². The molecule has 0 unspecified atom stereocenters. The molecule has 0 aliphatic rings. The van der Waals surface area contributed by atoms with Crippen LogP contribution in [-0.2, 0) is 5.60 Å². The normalized spacial score (nSPS) is 11.8. The van der Waals surface area contributed by atoms with Crippen LogP contribution in [0.5, 0.6) is 0 Å². The molecule has 2 rings (SSSR count). The number of rotatable bonds is 9. The molecule has 0 aliphatic heterocycles. The number of benzene rings is 2. The molecule has 0 saturated heterocycles. The van der Waals surface area contributed by atoms with Crippen LogP contribution in [0, 0.1) is 0 Å². The largest absolute Gasteiger partial charge is 1.00 e. The van der Waals surface area contributed by atoms with Gasteiger partial charge in [0.05, 0.1) is 5.54 Å². The lowest BCUT2D eigenvalue weighted by Gasteiger charge is -2.33. The van der Waals surface area contributed by atoms with Crippen LogP contribution in [0.1, 0.15) is 63.5 Å². The van der Waals surface area contributed by atoms with Gasteiger partial charge in [-0.15, -0.1) is 0 Å². The summed E-state index contributed by atoms with van der Waals surface area (Å²) in [6.07, 6.45) is 6.12. The number of hydrogen-bond acceptors (Lipinski definition) is 1. The van der Waals surface area contributed by atoms with Gasteiger partial charge in [-0.3, -0.25) is 0 Å². The molecule has 0 aliphatic carbocycles. The highest BCUT2D eigenvalue weighted by molar-refractivity contribution is 5.35. The first-order chi connectivity index (χ1) is 11.5. The van der Waals surface area contributed by atoms with Crippen molar-refractivity contribution in [2.24, 2.45) is 0 Å². The zero-order valence-electron chi connectivity index (χ0n) is 15.5. The van der Waals surface area contributed by atoms with Crippen LogP contribution in [0.15, 0.2) is 60.7 Å². The van der Waals surface area contributed by atoms with E-state index >= 15 is 0 Å². The number of halogens is 1. The van der Waals surface area contributed by atoms with E-state index in [2.05, 4.69) is 19.6 Å². The van der Waals surface area contributed by atoms with Crippen LogP contribution < -0.4 is 29.7 Å². The van der Waals surface area contributed by atoms with E-state index in [0.29, 0.717) is 6.42 Å².